The van der Waals surface area contributed by atoms with Gasteiger partial charge in [-0.3, -0.25) is 13.9 Å². The molecule has 3 rings (SSSR count). The van der Waals surface area contributed by atoms with Crippen molar-refractivity contribution in [1.82, 2.24) is 14.1 Å². The van der Waals surface area contributed by atoms with Gasteiger partial charge in [-0.1, -0.05) is 0 Å². The Hall–Kier alpha value is -3.08. The van der Waals surface area contributed by atoms with Crippen molar-refractivity contribution >= 4 is 11.5 Å². The first-order valence-electron chi connectivity index (χ1n) is 7.64. The lowest BCUT2D eigenvalue weighted by atomic mass is 10.2. The summed E-state index contributed by atoms with van der Waals surface area (Å²) < 4.78 is 2.58. The lowest BCUT2D eigenvalue weighted by Gasteiger charge is -2.22. The molecule has 0 bridgehead atoms. The third-order valence-electron chi connectivity index (χ3n) is 4.26. The van der Waals surface area contributed by atoms with Crippen LogP contribution in [0.4, 0.5) is 11.5 Å². The number of hydrogen-bond donors (Lipinski definition) is 1. The molecular weight excluding hydrogens is 308 g/mol. The molecule has 124 valence electrons. The van der Waals surface area contributed by atoms with Gasteiger partial charge >= 0.3 is 5.69 Å². The number of pyridine rings is 1. The highest BCUT2D eigenvalue weighted by Crippen LogP contribution is 2.20. The fraction of sp³-hybridized carbons (Fsp3) is 0.375. The monoisotopic (exact) mass is 326 g/mol. The molecule has 1 aliphatic heterocycles. The Bertz CT molecular complexity index is 923. The molecule has 1 fully saturated rings. The lowest BCUT2D eigenvalue weighted by Crippen LogP contribution is -2.40. The number of nitrogens with one attached hydrogen (secondary N) is 1. The Morgan fingerprint density at radius 2 is 2.08 bits per heavy atom. The summed E-state index contributed by atoms with van der Waals surface area (Å²) in [7, 11) is 3.14. The second kappa shape index (κ2) is 6.20. The van der Waals surface area contributed by atoms with Crippen LogP contribution in [0, 0.1) is 11.3 Å². The van der Waals surface area contributed by atoms with Gasteiger partial charge in [-0.2, -0.15) is 5.26 Å². The number of nitrogens with zero attached hydrogens (tertiary/aromatic N) is 5. The van der Waals surface area contributed by atoms with Gasteiger partial charge < -0.3 is 10.2 Å². The van der Waals surface area contributed by atoms with Gasteiger partial charge in [0.25, 0.3) is 5.56 Å². The Morgan fingerprint density at radius 1 is 1.29 bits per heavy atom. The fourth-order valence-electron chi connectivity index (χ4n) is 2.93. The molecule has 0 aromatic carbocycles. The Kier molecular flexibility index (Phi) is 4.08. The highest BCUT2D eigenvalue weighted by Gasteiger charge is 2.25. The van der Waals surface area contributed by atoms with E-state index in [9.17, 15) is 9.59 Å². The summed E-state index contributed by atoms with van der Waals surface area (Å²) in [6.45, 7) is 1.42. The fourth-order valence-corrected chi connectivity index (χ4v) is 2.93. The molecule has 0 aliphatic carbocycles. The van der Waals surface area contributed by atoms with Gasteiger partial charge in [0.05, 0.1) is 0 Å². The van der Waals surface area contributed by atoms with Crippen LogP contribution in [0.15, 0.2) is 34.0 Å². The van der Waals surface area contributed by atoms with Crippen LogP contribution in [-0.4, -0.2) is 33.2 Å². The summed E-state index contributed by atoms with van der Waals surface area (Å²) in [5.41, 5.74) is 0.564. The van der Waals surface area contributed by atoms with E-state index >= 15 is 0 Å². The van der Waals surface area contributed by atoms with E-state index in [1.807, 2.05) is 17.0 Å². The predicted molar refractivity (Wildman–Crippen MR) is 90.1 cm³/mol. The van der Waals surface area contributed by atoms with Crippen molar-refractivity contribution in [3.63, 3.8) is 0 Å². The van der Waals surface area contributed by atoms with Crippen LogP contribution in [0.25, 0.3) is 0 Å². The number of nitriles is 1. The quantitative estimate of drug-likeness (QED) is 0.856. The number of rotatable bonds is 3. The zero-order valence-electron chi connectivity index (χ0n) is 13.6. The van der Waals surface area contributed by atoms with Gasteiger partial charge in [-0.15, -0.1) is 0 Å². The molecule has 0 spiro atoms. The zero-order valence-corrected chi connectivity index (χ0v) is 13.6. The summed E-state index contributed by atoms with van der Waals surface area (Å²) in [5, 5.41) is 12.3. The van der Waals surface area contributed by atoms with Crippen LogP contribution in [-0.2, 0) is 14.1 Å². The van der Waals surface area contributed by atoms with Crippen molar-refractivity contribution < 1.29 is 0 Å². The van der Waals surface area contributed by atoms with Crippen LogP contribution in [0.5, 0.6) is 0 Å². The standard InChI is InChI=1S/C16H18N6O2/c1-20-14(8-15(23)21(2)16(20)24)22-6-4-12(10-22)19-11-3-5-18-13(7-11)9-17/h3,5,7-8,12H,4,6,10H2,1-2H3,(H,18,19)/t12-/m1/s1. The molecule has 0 unspecified atom stereocenters. The topological polar surface area (TPSA) is 95.9 Å². The minimum atomic E-state index is -0.332. The maximum absolute atomic E-state index is 12.1. The maximum atomic E-state index is 12.1. The van der Waals surface area contributed by atoms with Gasteiger partial charge in [-0.05, 0) is 18.6 Å². The van der Waals surface area contributed by atoms with Gasteiger partial charge in [-0.25, -0.2) is 9.78 Å². The summed E-state index contributed by atoms with van der Waals surface area (Å²) in [4.78, 5) is 29.9. The molecule has 3 heterocycles. The minimum absolute atomic E-state index is 0.165. The van der Waals surface area contributed by atoms with E-state index < -0.39 is 0 Å². The van der Waals surface area contributed by atoms with Gasteiger partial charge in [0.15, 0.2) is 0 Å². The predicted octanol–water partition coefficient (Wildman–Crippen LogP) is 0.0415. The van der Waals surface area contributed by atoms with Crippen molar-refractivity contribution in [2.45, 2.75) is 12.5 Å². The number of anilines is 2. The highest BCUT2D eigenvalue weighted by atomic mass is 16.2. The second-order valence-corrected chi connectivity index (χ2v) is 5.86. The molecule has 8 heteroatoms. The third-order valence-corrected chi connectivity index (χ3v) is 4.26. The van der Waals surface area contributed by atoms with Crippen LogP contribution in [0.2, 0.25) is 0 Å². The van der Waals surface area contributed by atoms with E-state index in [-0.39, 0.29) is 17.3 Å². The molecule has 1 saturated heterocycles. The van der Waals surface area contributed by atoms with Crippen molar-refractivity contribution in [2.24, 2.45) is 14.1 Å². The Labute approximate surface area is 138 Å². The Morgan fingerprint density at radius 3 is 2.83 bits per heavy atom. The van der Waals surface area contributed by atoms with Crippen LogP contribution >= 0.6 is 0 Å². The molecule has 2 aromatic rings. The SMILES string of the molecule is Cn1c(N2CC[C@@H](Nc3ccnc(C#N)c3)C2)cc(=O)n(C)c1=O. The Balaban J connectivity index is 1.78. The first kappa shape index (κ1) is 15.8. The minimum Gasteiger partial charge on any atom is -0.380 e. The average molecular weight is 326 g/mol. The number of aromatic nitrogens is 3. The van der Waals surface area contributed by atoms with Crippen molar-refractivity contribution in [1.29, 1.82) is 5.26 Å². The van der Waals surface area contributed by atoms with Crippen LogP contribution in [0.1, 0.15) is 12.1 Å². The molecule has 1 aliphatic rings. The smallest absolute Gasteiger partial charge is 0.332 e. The summed E-state index contributed by atoms with van der Waals surface area (Å²) in [6.07, 6.45) is 2.46. The van der Waals surface area contributed by atoms with Gasteiger partial charge in [0.1, 0.15) is 17.6 Å². The van der Waals surface area contributed by atoms with E-state index in [0.29, 0.717) is 18.1 Å². The average Bonchev–Trinajstić information content (AvgIpc) is 3.04. The molecule has 0 radical (unpaired) electrons. The van der Waals surface area contributed by atoms with Gasteiger partial charge in [0.2, 0.25) is 0 Å². The second-order valence-electron chi connectivity index (χ2n) is 5.86. The third kappa shape index (κ3) is 2.88. The molecular formula is C16H18N6O2. The normalized spacial score (nSPS) is 16.9. The van der Waals surface area contributed by atoms with E-state index in [2.05, 4.69) is 10.3 Å². The molecule has 1 atom stereocenters. The van der Waals surface area contributed by atoms with Crippen molar-refractivity contribution in [3.8, 4) is 6.07 Å². The van der Waals surface area contributed by atoms with E-state index in [1.54, 1.807) is 19.3 Å². The zero-order chi connectivity index (χ0) is 17.3. The summed E-state index contributed by atoms with van der Waals surface area (Å²) in [5.74, 6) is 0.625. The van der Waals surface area contributed by atoms with Crippen LogP contribution < -0.4 is 21.5 Å². The summed E-state index contributed by atoms with van der Waals surface area (Å²) >= 11 is 0. The lowest BCUT2D eigenvalue weighted by molar-refractivity contribution is 0.672. The largest absolute Gasteiger partial charge is 0.380 e. The molecule has 0 saturated carbocycles. The van der Waals surface area contributed by atoms with Crippen molar-refractivity contribution in [2.75, 3.05) is 23.3 Å². The first-order valence-corrected chi connectivity index (χ1v) is 7.64. The maximum Gasteiger partial charge on any atom is 0.332 e. The first-order chi connectivity index (χ1) is 11.5. The molecule has 2 aromatic heterocycles. The number of hydrogen-bond acceptors (Lipinski definition) is 6. The van der Waals surface area contributed by atoms with Crippen LogP contribution in [0.3, 0.4) is 0 Å². The molecule has 24 heavy (non-hydrogen) atoms. The summed E-state index contributed by atoms with van der Waals surface area (Å²) in [6, 6.07) is 7.19. The van der Waals surface area contributed by atoms with E-state index in [1.165, 1.54) is 17.7 Å². The molecule has 1 N–H and O–H groups in total. The van der Waals surface area contributed by atoms with Crippen molar-refractivity contribution in [3.05, 3.63) is 50.9 Å². The molecule has 8 nitrogen and oxygen atoms in total. The molecule has 0 amide bonds. The van der Waals surface area contributed by atoms with Gasteiger partial charge in [0, 0.05) is 51.2 Å². The van der Waals surface area contributed by atoms with E-state index in [4.69, 9.17) is 5.26 Å². The van der Waals surface area contributed by atoms with E-state index in [0.717, 1.165) is 23.2 Å². The highest BCUT2D eigenvalue weighted by molar-refractivity contribution is 5.48.